The highest BCUT2D eigenvalue weighted by Gasteiger charge is 2.20. The lowest BCUT2D eigenvalue weighted by Crippen LogP contribution is -2.06. The predicted molar refractivity (Wildman–Crippen MR) is 143 cm³/mol. The number of nitrogens with zero attached hydrogens (tertiary/aromatic N) is 6. The van der Waals surface area contributed by atoms with Crippen LogP contribution in [0.3, 0.4) is 0 Å². The number of tetrazole rings is 1. The Morgan fingerprint density at radius 3 is 2.75 bits per heavy atom. The Hall–Kier alpha value is -3.85. The molecule has 0 bridgehead atoms. The van der Waals surface area contributed by atoms with Gasteiger partial charge in [-0.3, -0.25) is 0 Å². The topological polar surface area (TPSA) is 98.3 Å². The lowest BCUT2D eigenvalue weighted by atomic mass is 10.0. The van der Waals surface area contributed by atoms with Crippen LogP contribution in [0.2, 0.25) is 0 Å². The summed E-state index contributed by atoms with van der Waals surface area (Å²) in [5.41, 5.74) is 6.76. The average Bonchev–Trinajstić information content (AvgIpc) is 3.63. The normalized spacial score (nSPS) is 11.6. The molecule has 9 heteroatoms. The van der Waals surface area contributed by atoms with E-state index >= 15 is 0 Å². The minimum atomic E-state index is 0.521. The summed E-state index contributed by atoms with van der Waals surface area (Å²) in [4.78, 5) is 9.63. The number of benzene rings is 2. The van der Waals surface area contributed by atoms with Crippen molar-refractivity contribution in [1.29, 1.82) is 0 Å². The van der Waals surface area contributed by atoms with E-state index in [1.165, 1.54) is 0 Å². The molecule has 0 radical (unpaired) electrons. The van der Waals surface area contributed by atoms with Gasteiger partial charge in [-0.25, -0.2) is 9.97 Å². The molecule has 1 N–H and O–H groups in total. The number of hydrogen-bond acceptors (Lipinski definition) is 6. The maximum absolute atomic E-state index is 6.31. The van der Waals surface area contributed by atoms with E-state index in [-0.39, 0.29) is 0 Å². The highest BCUT2D eigenvalue weighted by molar-refractivity contribution is 9.10. The van der Waals surface area contributed by atoms with Gasteiger partial charge < -0.3 is 8.98 Å². The van der Waals surface area contributed by atoms with E-state index < -0.39 is 0 Å². The van der Waals surface area contributed by atoms with Crippen molar-refractivity contribution in [2.24, 2.45) is 0 Å². The SMILES string of the molecule is CCCCc1nc2c(C)ccnc2n1Cc1ccc2oc(-c3ccccc3-c3nn[nH]n3)c(Br)c2c1. The van der Waals surface area contributed by atoms with Crippen molar-refractivity contribution in [3.8, 4) is 22.7 Å². The van der Waals surface area contributed by atoms with E-state index in [9.17, 15) is 0 Å². The Bertz CT molecular complexity index is 1680. The van der Waals surface area contributed by atoms with Crippen LogP contribution in [-0.4, -0.2) is 35.2 Å². The number of pyridine rings is 1. The summed E-state index contributed by atoms with van der Waals surface area (Å²) in [7, 11) is 0. The molecule has 0 fully saturated rings. The van der Waals surface area contributed by atoms with Crippen LogP contribution in [0.5, 0.6) is 0 Å². The number of fused-ring (bicyclic) bond motifs is 2. The van der Waals surface area contributed by atoms with Crippen molar-refractivity contribution in [1.82, 2.24) is 35.2 Å². The summed E-state index contributed by atoms with van der Waals surface area (Å²) in [6.07, 6.45) is 5.01. The van der Waals surface area contributed by atoms with Gasteiger partial charge in [0, 0.05) is 29.1 Å². The quantitative estimate of drug-likeness (QED) is 0.248. The second kappa shape index (κ2) is 9.31. The van der Waals surface area contributed by atoms with E-state index in [0.717, 1.165) is 79.7 Å². The van der Waals surface area contributed by atoms with Crippen molar-refractivity contribution in [3.05, 3.63) is 76.2 Å². The van der Waals surface area contributed by atoms with Gasteiger partial charge in [0.15, 0.2) is 5.65 Å². The number of aryl methyl sites for hydroxylation is 2. The van der Waals surface area contributed by atoms with Crippen molar-refractivity contribution in [2.45, 2.75) is 39.7 Å². The fourth-order valence-corrected chi connectivity index (χ4v) is 5.20. The fourth-order valence-electron chi connectivity index (χ4n) is 4.60. The first-order chi connectivity index (χ1) is 17.6. The van der Waals surface area contributed by atoms with Gasteiger partial charge in [0.1, 0.15) is 22.7 Å². The third-order valence-corrected chi connectivity index (χ3v) is 7.25. The van der Waals surface area contributed by atoms with Gasteiger partial charge in [-0.15, -0.1) is 10.2 Å². The molecule has 180 valence electrons. The zero-order valence-electron chi connectivity index (χ0n) is 20.0. The molecule has 0 unspecified atom stereocenters. The van der Waals surface area contributed by atoms with Gasteiger partial charge in [0.05, 0.1) is 11.0 Å². The van der Waals surface area contributed by atoms with Crippen LogP contribution in [0, 0.1) is 6.92 Å². The highest BCUT2D eigenvalue weighted by atomic mass is 79.9. The monoisotopic (exact) mass is 541 g/mol. The van der Waals surface area contributed by atoms with Crippen LogP contribution < -0.4 is 0 Å². The van der Waals surface area contributed by atoms with Crippen LogP contribution in [0.4, 0.5) is 0 Å². The van der Waals surface area contributed by atoms with E-state index in [2.05, 4.69) is 72.1 Å². The minimum absolute atomic E-state index is 0.521. The molecule has 6 aromatic rings. The molecular formula is C27H24BrN7O. The standard InChI is InChI=1S/C27H24BrN7O/c1-3-4-9-22-30-24-16(2)12-13-29-27(24)35(22)15-17-10-11-21-20(14-17)23(28)25(36-21)18-7-5-6-8-19(18)26-31-33-34-32-26/h5-8,10-14H,3-4,9,15H2,1-2H3,(H,31,32,33,34). The summed E-state index contributed by atoms with van der Waals surface area (Å²) in [6, 6.07) is 16.2. The Morgan fingerprint density at radius 1 is 1.08 bits per heavy atom. The molecule has 0 saturated carbocycles. The molecule has 6 rings (SSSR count). The van der Waals surface area contributed by atoms with Gasteiger partial charge in [0.25, 0.3) is 0 Å². The van der Waals surface area contributed by atoms with E-state index in [0.29, 0.717) is 12.4 Å². The summed E-state index contributed by atoms with van der Waals surface area (Å²) >= 11 is 3.81. The fraction of sp³-hybridized carbons (Fsp3) is 0.222. The molecule has 0 aliphatic carbocycles. The number of rotatable bonds is 7. The molecule has 4 heterocycles. The van der Waals surface area contributed by atoms with E-state index in [1.54, 1.807) is 0 Å². The van der Waals surface area contributed by atoms with E-state index in [4.69, 9.17) is 9.40 Å². The molecule has 0 atom stereocenters. The molecule has 0 amide bonds. The first kappa shape index (κ1) is 22.6. The van der Waals surface area contributed by atoms with Crippen LogP contribution in [0.15, 0.2) is 63.6 Å². The first-order valence-corrected chi connectivity index (χ1v) is 12.8. The number of nitrogens with one attached hydrogen (secondary N) is 1. The number of furan rings is 1. The maximum atomic E-state index is 6.31. The zero-order valence-corrected chi connectivity index (χ0v) is 21.6. The van der Waals surface area contributed by atoms with Gasteiger partial charge in [0.2, 0.25) is 5.82 Å². The second-order valence-electron chi connectivity index (χ2n) is 8.87. The molecule has 8 nitrogen and oxygen atoms in total. The first-order valence-electron chi connectivity index (χ1n) is 12.0. The number of hydrogen-bond donors (Lipinski definition) is 1. The number of unbranched alkanes of at least 4 members (excludes halogenated alkanes) is 1. The molecule has 36 heavy (non-hydrogen) atoms. The molecular weight excluding hydrogens is 518 g/mol. The predicted octanol–water partition coefficient (Wildman–Crippen LogP) is 6.49. The Kier molecular flexibility index (Phi) is 5.85. The summed E-state index contributed by atoms with van der Waals surface area (Å²) in [5, 5.41) is 15.5. The summed E-state index contributed by atoms with van der Waals surface area (Å²) in [6.45, 7) is 4.98. The minimum Gasteiger partial charge on any atom is -0.455 e. The molecule has 0 spiro atoms. The number of aromatic nitrogens is 7. The Morgan fingerprint density at radius 2 is 1.94 bits per heavy atom. The van der Waals surface area contributed by atoms with Gasteiger partial charge in [-0.05, 0) is 63.8 Å². The van der Waals surface area contributed by atoms with E-state index in [1.807, 2.05) is 42.6 Å². The molecule has 0 aliphatic heterocycles. The average molecular weight is 542 g/mol. The van der Waals surface area contributed by atoms with Crippen molar-refractivity contribution in [3.63, 3.8) is 0 Å². The van der Waals surface area contributed by atoms with Crippen molar-refractivity contribution >= 4 is 38.1 Å². The third-order valence-electron chi connectivity index (χ3n) is 6.46. The Balaban J connectivity index is 1.42. The van der Waals surface area contributed by atoms with Gasteiger partial charge in [-0.1, -0.05) is 43.7 Å². The summed E-state index contributed by atoms with van der Waals surface area (Å²) < 4.78 is 9.46. The molecule has 2 aromatic carbocycles. The van der Waals surface area contributed by atoms with Gasteiger partial charge in [-0.2, -0.15) is 5.21 Å². The lowest BCUT2D eigenvalue weighted by molar-refractivity contribution is 0.629. The second-order valence-corrected chi connectivity index (χ2v) is 9.67. The highest BCUT2D eigenvalue weighted by Crippen LogP contribution is 2.41. The summed E-state index contributed by atoms with van der Waals surface area (Å²) in [5.74, 6) is 2.33. The zero-order chi connectivity index (χ0) is 24.6. The van der Waals surface area contributed by atoms with Crippen LogP contribution in [0.25, 0.3) is 44.8 Å². The van der Waals surface area contributed by atoms with Crippen molar-refractivity contribution < 1.29 is 4.42 Å². The Labute approximate surface area is 215 Å². The lowest BCUT2D eigenvalue weighted by Gasteiger charge is -2.09. The van der Waals surface area contributed by atoms with Crippen molar-refractivity contribution in [2.75, 3.05) is 0 Å². The molecule has 0 aliphatic rings. The number of H-pyrrole nitrogens is 1. The van der Waals surface area contributed by atoms with Crippen LogP contribution >= 0.6 is 15.9 Å². The third kappa shape index (κ3) is 3.89. The molecule has 4 aromatic heterocycles. The number of imidazole rings is 1. The van der Waals surface area contributed by atoms with Crippen LogP contribution in [0.1, 0.15) is 36.7 Å². The number of halogens is 1. The number of aromatic amines is 1. The largest absolute Gasteiger partial charge is 0.455 e. The van der Waals surface area contributed by atoms with Crippen LogP contribution in [-0.2, 0) is 13.0 Å². The molecule has 0 saturated heterocycles. The van der Waals surface area contributed by atoms with Gasteiger partial charge >= 0.3 is 0 Å². The maximum Gasteiger partial charge on any atom is 0.205 e. The smallest absolute Gasteiger partial charge is 0.205 e.